The van der Waals surface area contributed by atoms with Crippen molar-refractivity contribution in [2.75, 3.05) is 19.6 Å². The summed E-state index contributed by atoms with van der Waals surface area (Å²) in [6.45, 7) is 2.00. The van der Waals surface area contributed by atoms with E-state index in [1.807, 2.05) is 11.0 Å². The fourth-order valence-electron chi connectivity index (χ4n) is 3.23. The molecule has 4 nitrogen and oxygen atoms in total. The molecule has 102 valence electrons. The summed E-state index contributed by atoms with van der Waals surface area (Å²) in [6, 6.07) is 4.47. The Balaban J connectivity index is 1.89. The second kappa shape index (κ2) is 4.90. The van der Waals surface area contributed by atoms with E-state index >= 15 is 0 Å². The van der Waals surface area contributed by atoms with Crippen LogP contribution in [0.1, 0.15) is 23.6 Å². The highest BCUT2D eigenvalue weighted by Gasteiger charge is 2.37. The normalized spacial score (nSPS) is 27.2. The van der Waals surface area contributed by atoms with E-state index in [0.717, 1.165) is 37.1 Å². The predicted molar refractivity (Wildman–Crippen MR) is 68.5 cm³/mol. The largest absolute Gasteiger partial charge is 0.480 e. The van der Waals surface area contributed by atoms with Gasteiger partial charge < -0.3 is 10.4 Å². The van der Waals surface area contributed by atoms with Gasteiger partial charge in [-0.1, -0.05) is 6.07 Å². The maximum atomic E-state index is 13.2. The van der Waals surface area contributed by atoms with E-state index in [2.05, 4.69) is 5.32 Å². The van der Waals surface area contributed by atoms with Gasteiger partial charge in [-0.2, -0.15) is 0 Å². The van der Waals surface area contributed by atoms with Crippen molar-refractivity contribution >= 4 is 5.97 Å². The van der Waals surface area contributed by atoms with E-state index in [9.17, 15) is 14.3 Å². The van der Waals surface area contributed by atoms with Gasteiger partial charge in [0.25, 0.3) is 0 Å². The van der Waals surface area contributed by atoms with Crippen molar-refractivity contribution in [1.29, 1.82) is 0 Å². The number of aliphatic carboxylic acids is 1. The summed E-state index contributed by atoms with van der Waals surface area (Å²) in [6.07, 6.45) is 1.70. The average Bonchev–Trinajstić information content (AvgIpc) is 2.81. The van der Waals surface area contributed by atoms with Crippen LogP contribution in [0.4, 0.5) is 4.39 Å². The fourth-order valence-corrected chi connectivity index (χ4v) is 3.23. The topological polar surface area (TPSA) is 52.6 Å². The van der Waals surface area contributed by atoms with Crippen molar-refractivity contribution in [2.45, 2.75) is 24.9 Å². The molecule has 0 bridgehead atoms. The van der Waals surface area contributed by atoms with Crippen LogP contribution in [0.25, 0.3) is 0 Å². The van der Waals surface area contributed by atoms with Gasteiger partial charge in [-0.25, -0.2) is 4.39 Å². The molecule has 0 saturated carbocycles. The Morgan fingerprint density at radius 3 is 3.11 bits per heavy atom. The molecule has 2 atom stereocenters. The van der Waals surface area contributed by atoms with Crippen molar-refractivity contribution in [2.24, 2.45) is 0 Å². The summed E-state index contributed by atoms with van der Waals surface area (Å²) in [5, 5.41) is 12.4. The van der Waals surface area contributed by atoms with Crippen LogP contribution in [0.2, 0.25) is 0 Å². The predicted octanol–water partition coefficient (Wildman–Crippen LogP) is 1.17. The maximum absolute atomic E-state index is 13.2. The van der Waals surface area contributed by atoms with Gasteiger partial charge in [-0.3, -0.25) is 9.69 Å². The van der Waals surface area contributed by atoms with Crippen LogP contribution in [-0.2, 0) is 11.2 Å². The Hall–Kier alpha value is -1.46. The Morgan fingerprint density at radius 1 is 1.47 bits per heavy atom. The fraction of sp³-hybridized carbons (Fsp3) is 0.500. The van der Waals surface area contributed by atoms with Crippen LogP contribution in [0, 0.1) is 5.82 Å². The van der Waals surface area contributed by atoms with Crippen molar-refractivity contribution < 1.29 is 14.3 Å². The zero-order valence-electron chi connectivity index (χ0n) is 10.6. The quantitative estimate of drug-likeness (QED) is 0.842. The van der Waals surface area contributed by atoms with Crippen molar-refractivity contribution in [3.05, 3.63) is 35.1 Å². The number of rotatable bonds is 2. The van der Waals surface area contributed by atoms with Gasteiger partial charge in [0.05, 0.1) is 0 Å². The number of piperazine rings is 1. The standard InChI is InChI=1S/C14H17FN2O2/c15-10-2-3-11-9(7-10)1-4-12(11)17-6-5-16-8-13(17)14(18)19/h2-3,7,12-13,16H,1,4-6,8H2,(H,18,19). The minimum atomic E-state index is -0.789. The molecular formula is C14H17FN2O2. The number of carbonyl (C=O) groups is 1. The molecule has 1 aromatic rings. The Kier molecular flexibility index (Phi) is 3.24. The number of nitrogens with zero attached hydrogens (tertiary/aromatic N) is 1. The number of halogens is 1. The molecule has 3 rings (SSSR count). The third-order valence-electron chi connectivity index (χ3n) is 4.12. The molecule has 2 unspecified atom stereocenters. The van der Waals surface area contributed by atoms with Gasteiger partial charge in [-0.15, -0.1) is 0 Å². The molecular weight excluding hydrogens is 247 g/mol. The molecule has 0 aromatic heterocycles. The second-order valence-corrected chi connectivity index (χ2v) is 5.19. The molecule has 1 aliphatic heterocycles. The van der Waals surface area contributed by atoms with Gasteiger partial charge in [0.2, 0.25) is 0 Å². The number of carboxylic acid groups (broad SMARTS) is 1. The second-order valence-electron chi connectivity index (χ2n) is 5.19. The molecule has 1 aliphatic carbocycles. The van der Waals surface area contributed by atoms with Crippen molar-refractivity contribution in [3.63, 3.8) is 0 Å². The summed E-state index contributed by atoms with van der Waals surface area (Å²) < 4.78 is 13.2. The third-order valence-corrected chi connectivity index (χ3v) is 4.12. The first-order chi connectivity index (χ1) is 9.16. The minimum Gasteiger partial charge on any atom is -0.480 e. The molecule has 1 saturated heterocycles. The van der Waals surface area contributed by atoms with E-state index in [0.29, 0.717) is 6.54 Å². The average molecular weight is 264 g/mol. The molecule has 2 N–H and O–H groups in total. The first-order valence-electron chi connectivity index (χ1n) is 6.64. The molecule has 0 spiro atoms. The summed E-state index contributed by atoms with van der Waals surface area (Å²) in [5.41, 5.74) is 2.11. The minimum absolute atomic E-state index is 0.110. The highest BCUT2D eigenvalue weighted by molar-refractivity contribution is 5.74. The monoisotopic (exact) mass is 264 g/mol. The number of hydrogen-bond donors (Lipinski definition) is 2. The Morgan fingerprint density at radius 2 is 2.32 bits per heavy atom. The van der Waals surface area contributed by atoms with Crippen LogP contribution in [0.15, 0.2) is 18.2 Å². The molecule has 19 heavy (non-hydrogen) atoms. The Labute approximate surface area is 111 Å². The Bertz CT molecular complexity index is 506. The van der Waals surface area contributed by atoms with Crippen LogP contribution >= 0.6 is 0 Å². The number of hydrogen-bond acceptors (Lipinski definition) is 3. The summed E-state index contributed by atoms with van der Waals surface area (Å²) in [4.78, 5) is 13.4. The number of benzene rings is 1. The smallest absolute Gasteiger partial charge is 0.322 e. The lowest BCUT2D eigenvalue weighted by Gasteiger charge is -2.38. The SMILES string of the molecule is O=C(O)C1CNCCN1C1CCc2cc(F)ccc21. The molecule has 1 heterocycles. The van der Waals surface area contributed by atoms with Crippen molar-refractivity contribution in [3.8, 4) is 0 Å². The van der Waals surface area contributed by atoms with E-state index in [4.69, 9.17) is 0 Å². The third kappa shape index (κ3) is 2.24. The molecule has 2 aliphatic rings. The molecule has 0 radical (unpaired) electrons. The van der Waals surface area contributed by atoms with Gasteiger partial charge in [-0.05, 0) is 36.1 Å². The highest BCUT2D eigenvalue weighted by atomic mass is 19.1. The maximum Gasteiger partial charge on any atom is 0.322 e. The summed E-state index contributed by atoms with van der Waals surface area (Å²) >= 11 is 0. The lowest BCUT2D eigenvalue weighted by atomic mass is 10.0. The lowest BCUT2D eigenvalue weighted by Crippen LogP contribution is -2.55. The van der Waals surface area contributed by atoms with Gasteiger partial charge >= 0.3 is 5.97 Å². The zero-order valence-corrected chi connectivity index (χ0v) is 10.6. The van der Waals surface area contributed by atoms with Gasteiger partial charge in [0.15, 0.2) is 0 Å². The number of nitrogens with one attached hydrogen (secondary N) is 1. The molecule has 1 aromatic carbocycles. The zero-order chi connectivity index (χ0) is 13.4. The van der Waals surface area contributed by atoms with Gasteiger partial charge in [0.1, 0.15) is 11.9 Å². The van der Waals surface area contributed by atoms with Crippen LogP contribution in [-0.4, -0.2) is 41.7 Å². The number of carboxylic acids is 1. The molecule has 5 heteroatoms. The first-order valence-corrected chi connectivity index (χ1v) is 6.64. The van der Waals surface area contributed by atoms with Crippen LogP contribution < -0.4 is 5.32 Å². The van der Waals surface area contributed by atoms with Crippen LogP contribution in [0.5, 0.6) is 0 Å². The van der Waals surface area contributed by atoms with E-state index in [1.54, 1.807) is 6.07 Å². The van der Waals surface area contributed by atoms with E-state index < -0.39 is 12.0 Å². The van der Waals surface area contributed by atoms with E-state index in [1.165, 1.54) is 6.07 Å². The van der Waals surface area contributed by atoms with Crippen LogP contribution in [0.3, 0.4) is 0 Å². The van der Waals surface area contributed by atoms with Crippen molar-refractivity contribution in [1.82, 2.24) is 10.2 Å². The van der Waals surface area contributed by atoms with E-state index in [-0.39, 0.29) is 11.9 Å². The highest BCUT2D eigenvalue weighted by Crippen LogP contribution is 2.37. The lowest BCUT2D eigenvalue weighted by molar-refractivity contribution is -0.145. The summed E-state index contributed by atoms with van der Waals surface area (Å²) in [7, 11) is 0. The number of fused-ring (bicyclic) bond motifs is 1. The van der Waals surface area contributed by atoms with Gasteiger partial charge in [0, 0.05) is 25.7 Å². The summed E-state index contributed by atoms with van der Waals surface area (Å²) in [5.74, 6) is -1.00. The first kappa shape index (κ1) is 12.6. The number of aryl methyl sites for hydroxylation is 1. The molecule has 1 fully saturated rings. The molecule has 0 amide bonds.